The largest absolute Gasteiger partial charge is 0.573 e. The van der Waals surface area contributed by atoms with E-state index in [1.165, 1.54) is 24.3 Å². The molecule has 1 aliphatic heterocycles. The number of alkyl halides is 3. The summed E-state index contributed by atoms with van der Waals surface area (Å²) < 4.78 is 47.0. The monoisotopic (exact) mass is 515 g/mol. The van der Waals surface area contributed by atoms with Gasteiger partial charge in [-0.3, -0.25) is 4.79 Å². The van der Waals surface area contributed by atoms with Gasteiger partial charge in [0, 0.05) is 27.8 Å². The molecule has 0 N–H and O–H groups in total. The predicted molar refractivity (Wildman–Crippen MR) is 105 cm³/mol. The van der Waals surface area contributed by atoms with Gasteiger partial charge in [-0.1, -0.05) is 11.2 Å². The number of ether oxygens (including phenoxy) is 1. The fourth-order valence-corrected chi connectivity index (χ4v) is 3.62. The first kappa shape index (κ1) is 19.7. The summed E-state index contributed by atoms with van der Waals surface area (Å²) in [6.45, 7) is 0.416. The number of rotatable bonds is 4. The molecule has 1 saturated heterocycles. The lowest BCUT2D eigenvalue weighted by Gasteiger charge is -2.16. The van der Waals surface area contributed by atoms with Gasteiger partial charge in [-0.05, 0) is 65.1 Å². The molecule has 150 valence electrons. The summed E-state index contributed by atoms with van der Waals surface area (Å²) in [7, 11) is 0. The molecule has 2 heterocycles. The number of hydrogen-bond acceptors (Lipinski definition) is 5. The Morgan fingerprint density at radius 1 is 1.17 bits per heavy atom. The Morgan fingerprint density at radius 3 is 2.62 bits per heavy atom. The molecule has 1 unspecified atom stereocenters. The zero-order valence-corrected chi connectivity index (χ0v) is 16.8. The molecule has 1 amide bonds. The Labute approximate surface area is 176 Å². The van der Waals surface area contributed by atoms with E-state index in [-0.39, 0.29) is 29.8 Å². The van der Waals surface area contributed by atoms with Crippen LogP contribution in [0.5, 0.6) is 5.75 Å². The zero-order chi connectivity index (χ0) is 20.6. The van der Waals surface area contributed by atoms with Crippen molar-refractivity contribution in [1.29, 1.82) is 0 Å². The first-order chi connectivity index (χ1) is 13.8. The van der Waals surface area contributed by atoms with Crippen molar-refractivity contribution in [2.24, 2.45) is 0 Å². The van der Waals surface area contributed by atoms with Crippen molar-refractivity contribution in [2.45, 2.75) is 18.7 Å². The average molecular weight is 515 g/mol. The van der Waals surface area contributed by atoms with E-state index in [1.807, 2.05) is 24.3 Å². The summed E-state index contributed by atoms with van der Waals surface area (Å²) in [5.41, 5.74) is 1.29. The van der Waals surface area contributed by atoms with Crippen LogP contribution in [-0.2, 0) is 4.79 Å². The van der Waals surface area contributed by atoms with Crippen LogP contribution in [0.3, 0.4) is 0 Å². The molecule has 0 spiro atoms. The van der Waals surface area contributed by atoms with Crippen LogP contribution in [0.1, 0.15) is 18.2 Å². The molecular weight excluding hydrogens is 502 g/mol. The minimum absolute atomic E-state index is 0.0367. The number of anilines is 1. The number of aromatic nitrogens is 2. The second-order valence-electron chi connectivity index (χ2n) is 6.41. The Morgan fingerprint density at radius 2 is 1.93 bits per heavy atom. The molecule has 10 heteroatoms. The topological polar surface area (TPSA) is 68.5 Å². The van der Waals surface area contributed by atoms with Crippen LogP contribution in [0, 0.1) is 3.57 Å². The fourth-order valence-electron chi connectivity index (χ4n) is 3.09. The molecule has 0 aliphatic carbocycles. The van der Waals surface area contributed by atoms with E-state index in [1.54, 1.807) is 4.90 Å². The van der Waals surface area contributed by atoms with Gasteiger partial charge in [-0.15, -0.1) is 13.2 Å². The van der Waals surface area contributed by atoms with E-state index < -0.39 is 6.36 Å². The van der Waals surface area contributed by atoms with Crippen molar-refractivity contribution in [3.05, 3.63) is 58.0 Å². The van der Waals surface area contributed by atoms with Crippen LogP contribution in [0.2, 0.25) is 0 Å². The zero-order valence-electron chi connectivity index (χ0n) is 14.7. The standard InChI is InChI=1S/C19H13F3IN3O3/c20-19(21,22)28-15-6-4-11(5-7-15)17-24-18(29-25-17)12-8-16(27)26(10-12)14-3-1-2-13(23)9-14/h1-7,9,12H,8,10H2. The minimum atomic E-state index is -4.75. The molecule has 4 rings (SSSR count). The maximum Gasteiger partial charge on any atom is 0.573 e. The van der Waals surface area contributed by atoms with E-state index in [4.69, 9.17) is 4.52 Å². The molecule has 1 atom stereocenters. The van der Waals surface area contributed by atoms with Gasteiger partial charge in [0.25, 0.3) is 0 Å². The SMILES string of the molecule is O=C1CC(c2nc(-c3ccc(OC(F)(F)F)cc3)no2)CN1c1cccc(I)c1. The van der Waals surface area contributed by atoms with Gasteiger partial charge in [0.1, 0.15) is 5.75 Å². The number of carbonyl (C=O) groups excluding carboxylic acids is 1. The van der Waals surface area contributed by atoms with E-state index in [2.05, 4.69) is 37.5 Å². The molecule has 2 aromatic carbocycles. The molecular formula is C19H13F3IN3O3. The third-order valence-electron chi connectivity index (χ3n) is 4.38. The fraction of sp³-hybridized carbons (Fsp3) is 0.211. The van der Waals surface area contributed by atoms with Crippen LogP contribution >= 0.6 is 22.6 Å². The molecule has 0 saturated carbocycles. The Hall–Kier alpha value is -2.63. The van der Waals surface area contributed by atoms with E-state index in [0.717, 1.165) is 9.26 Å². The first-order valence-corrected chi connectivity index (χ1v) is 9.62. The van der Waals surface area contributed by atoms with Crippen molar-refractivity contribution in [2.75, 3.05) is 11.4 Å². The quantitative estimate of drug-likeness (QED) is 0.469. The van der Waals surface area contributed by atoms with Crippen molar-refractivity contribution in [3.63, 3.8) is 0 Å². The van der Waals surface area contributed by atoms with Crippen LogP contribution in [-0.4, -0.2) is 29.0 Å². The highest BCUT2D eigenvalue weighted by molar-refractivity contribution is 14.1. The summed E-state index contributed by atoms with van der Waals surface area (Å²) in [6, 6.07) is 12.8. The number of amides is 1. The number of carbonyl (C=O) groups is 1. The van der Waals surface area contributed by atoms with Crippen LogP contribution in [0.15, 0.2) is 53.1 Å². The highest BCUT2D eigenvalue weighted by atomic mass is 127. The molecule has 1 aromatic heterocycles. The molecule has 1 aliphatic rings. The van der Waals surface area contributed by atoms with E-state index in [0.29, 0.717) is 18.0 Å². The maximum absolute atomic E-state index is 12.4. The van der Waals surface area contributed by atoms with Gasteiger partial charge < -0.3 is 14.2 Å². The molecule has 0 bridgehead atoms. The van der Waals surface area contributed by atoms with Crippen molar-refractivity contribution >= 4 is 34.2 Å². The van der Waals surface area contributed by atoms with Gasteiger partial charge >= 0.3 is 6.36 Å². The van der Waals surface area contributed by atoms with Crippen molar-refractivity contribution in [3.8, 4) is 17.1 Å². The summed E-state index contributed by atoms with van der Waals surface area (Å²) >= 11 is 2.18. The molecule has 6 nitrogen and oxygen atoms in total. The van der Waals surface area contributed by atoms with E-state index >= 15 is 0 Å². The number of benzene rings is 2. The normalized spacial score (nSPS) is 17.0. The smallest absolute Gasteiger partial charge is 0.406 e. The lowest BCUT2D eigenvalue weighted by molar-refractivity contribution is -0.274. The van der Waals surface area contributed by atoms with Crippen molar-refractivity contribution < 1.29 is 27.2 Å². The van der Waals surface area contributed by atoms with Gasteiger partial charge in [-0.2, -0.15) is 4.98 Å². The van der Waals surface area contributed by atoms with Gasteiger partial charge in [0.05, 0.1) is 5.92 Å². The lowest BCUT2D eigenvalue weighted by Crippen LogP contribution is -2.24. The number of hydrogen-bond donors (Lipinski definition) is 0. The molecule has 29 heavy (non-hydrogen) atoms. The Bertz CT molecular complexity index is 1040. The summed E-state index contributed by atoms with van der Waals surface area (Å²) in [4.78, 5) is 18.4. The highest BCUT2D eigenvalue weighted by Gasteiger charge is 2.35. The van der Waals surface area contributed by atoms with Gasteiger partial charge in [-0.25, -0.2) is 0 Å². The summed E-state index contributed by atoms with van der Waals surface area (Å²) in [5.74, 6) is -0.0739. The second-order valence-corrected chi connectivity index (χ2v) is 7.66. The maximum atomic E-state index is 12.4. The lowest BCUT2D eigenvalue weighted by atomic mass is 10.1. The molecule has 3 aromatic rings. The van der Waals surface area contributed by atoms with Crippen LogP contribution in [0.25, 0.3) is 11.4 Å². The third-order valence-corrected chi connectivity index (χ3v) is 5.05. The Kier molecular flexibility index (Phi) is 5.19. The van der Waals surface area contributed by atoms with E-state index in [9.17, 15) is 18.0 Å². The minimum Gasteiger partial charge on any atom is -0.406 e. The van der Waals surface area contributed by atoms with Gasteiger partial charge in [0.15, 0.2) is 0 Å². The first-order valence-electron chi connectivity index (χ1n) is 8.54. The van der Waals surface area contributed by atoms with Crippen LogP contribution < -0.4 is 9.64 Å². The molecule has 0 radical (unpaired) electrons. The Balaban J connectivity index is 1.49. The number of nitrogens with zero attached hydrogens (tertiary/aromatic N) is 3. The number of halogens is 4. The summed E-state index contributed by atoms with van der Waals surface area (Å²) in [6.07, 6.45) is -4.51. The highest BCUT2D eigenvalue weighted by Crippen LogP contribution is 2.33. The predicted octanol–water partition coefficient (Wildman–Crippen LogP) is 4.76. The van der Waals surface area contributed by atoms with Crippen molar-refractivity contribution in [1.82, 2.24) is 10.1 Å². The average Bonchev–Trinajstić information content (AvgIpc) is 3.28. The van der Waals surface area contributed by atoms with Crippen LogP contribution in [0.4, 0.5) is 18.9 Å². The second kappa shape index (κ2) is 7.65. The van der Waals surface area contributed by atoms with Gasteiger partial charge in [0.2, 0.25) is 17.6 Å². The molecule has 1 fully saturated rings. The summed E-state index contributed by atoms with van der Waals surface area (Å²) in [5, 5.41) is 3.89. The third kappa shape index (κ3) is 4.52.